The lowest BCUT2D eigenvalue weighted by Gasteiger charge is -2.07. The van der Waals surface area contributed by atoms with Crippen LogP contribution in [0.1, 0.15) is 11.1 Å². The van der Waals surface area contributed by atoms with Crippen LogP contribution >= 0.6 is 0 Å². The fourth-order valence-corrected chi connectivity index (χ4v) is 2.37. The summed E-state index contributed by atoms with van der Waals surface area (Å²) in [7, 11) is 0. The Kier molecular flexibility index (Phi) is 2.30. The molecule has 0 fully saturated rings. The molecule has 2 heteroatoms. The van der Waals surface area contributed by atoms with E-state index in [-0.39, 0.29) is 5.63 Å². The van der Waals surface area contributed by atoms with Crippen molar-refractivity contribution in [3.63, 3.8) is 0 Å². The number of benzene rings is 2. The molecule has 2 nitrogen and oxygen atoms in total. The van der Waals surface area contributed by atoms with Crippen molar-refractivity contribution in [1.29, 1.82) is 0 Å². The number of fused-ring (bicyclic) bond motifs is 3. The predicted octanol–water partition coefficient (Wildman–Crippen LogP) is 3.90. The number of hydrogen-bond acceptors (Lipinski definition) is 2. The average molecular weight is 236 g/mol. The van der Waals surface area contributed by atoms with E-state index in [1.807, 2.05) is 24.3 Å². The molecule has 1 aromatic heterocycles. The van der Waals surface area contributed by atoms with Crippen LogP contribution in [0.2, 0.25) is 0 Å². The molecular formula is C16H12O2. The summed E-state index contributed by atoms with van der Waals surface area (Å²) < 4.78 is 5.21. The van der Waals surface area contributed by atoms with Crippen molar-refractivity contribution in [2.45, 2.75) is 6.92 Å². The summed E-state index contributed by atoms with van der Waals surface area (Å²) in [5, 5.41) is 3.16. The molecule has 0 N–H and O–H groups in total. The molecule has 0 aliphatic carbocycles. The van der Waals surface area contributed by atoms with Gasteiger partial charge in [0, 0.05) is 11.5 Å². The van der Waals surface area contributed by atoms with Crippen LogP contribution in [0.15, 0.2) is 52.2 Å². The van der Waals surface area contributed by atoms with Gasteiger partial charge in [0.15, 0.2) is 0 Å². The van der Waals surface area contributed by atoms with Crippen LogP contribution in [0, 0.1) is 6.92 Å². The fraction of sp³-hybridized carbons (Fsp3) is 0.0625. The molecule has 88 valence electrons. The van der Waals surface area contributed by atoms with E-state index in [0.717, 1.165) is 21.7 Å². The second-order valence-corrected chi connectivity index (χ2v) is 4.39. The SMILES string of the molecule is C=Cc1cc(C)cc2ccc3oc(=O)ccc3c12. The molecule has 2 aromatic carbocycles. The van der Waals surface area contributed by atoms with Gasteiger partial charge in [0.1, 0.15) is 5.58 Å². The van der Waals surface area contributed by atoms with Gasteiger partial charge in [-0.2, -0.15) is 0 Å². The van der Waals surface area contributed by atoms with E-state index in [4.69, 9.17) is 4.42 Å². The van der Waals surface area contributed by atoms with Gasteiger partial charge in [-0.05, 0) is 41.0 Å². The van der Waals surface area contributed by atoms with Crippen LogP contribution in [0.3, 0.4) is 0 Å². The fourth-order valence-electron chi connectivity index (χ4n) is 2.37. The normalized spacial score (nSPS) is 10.9. The van der Waals surface area contributed by atoms with E-state index in [1.165, 1.54) is 11.6 Å². The van der Waals surface area contributed by atoms with Gasteiger partial charge in [0.05, 0.1) is 0 Å². The monoisotopic (exact) mass is 236 g/mol. The van der Waals surface area contributed by atoms with Crippen molar-refractivity contribution in [3.8, 4) is 0 Å². The van der Waals surface area contributed by atoms with E-state index in [9.17, 15) is 4.79 Å². The molecule has 0 saturated carbocycles. The van der Waals surface area contributed by atoms with Crippen LogP contribution in [0.4, 0.5) is 0 Å². The summed E-state index contributed by atoms with van der Waals surface area (Å²) in [6.07, 6.45) is 1.83. The summed E-state index contributed by atoms with van der Waals surface area (Å²) in [4.78, 5) is 11.2. The Morgan fingerprint density at radius 2 is 2.00 bits per heavy atom. The number of aryl methyl sites for hydroxylation is 1. The highest BCUT2D eigenvalue weighted by molar-refractivity contribution is 6.09. The minimum absolute atomic E-state index is 0.325. The molecule has 0 aliphatic rings. The summed E-state index contributed by atoms with van der Waals surface area (Å²) in [5.41, 5.74) is 2.54. The van der Waals surface area contributed by atoms with E-state index < -0.39 is 0 Å². The largest absolute Gasteiger partial charge is 0.423 e. The van der Waals surface area contributed by atoms with Crippen molar-refractivity contribution in [2.75, 3.05) is 0 Å². The molecule has 0 amide bonds. The summed E-state index contributed by atoms with van der Waals surface area (Å²) in [5.74, 6) is 0. The van der Waals surface area contributed by atoms with Gasteiger partial charge in [-0.25, -0.2) is 4.79 Å². The first kappa shape index (κ1) is 10.8. The summed E-state index contributed by atoms with van der Waals surface area (Å²) >= 11 is 0. The number of hydrogen-bond donors (Lipinski definition) is 0. The maximum Gasteiger partial charge on any atom is 0.336 e. The molecule has 0 unspecified atom stereocenters. The Labute approximate surface area is 104 Å². The smallest absolute Gasteiger partial charge is 0.336 e. The lowest BCUT2D eigenvalue weighted by atomic mass is 9.98. The summed E-state index contributed by atoms with van der Waals surface area (Å²) in [6.45, 7) is 5.91. The van der Waals surface area contributed by atoms with Gasteiger partial charge in [-0.15, -0.1) is 0 Å². The first-order chi connectivity index (χ1) is 8.69. The van der Waals surface area contributed by atoms with Gasteiger partial charge in [0.2, 0.25) is 0 Å². The van der Waals surface area contributed by atoms with Crippen molar-refractivity contribution >= 4 is 27.8 Å². The van der Waals surface area contributed by atoms with E-state index in [0.29, 0.717) is 5.58 Å². The molecule has 18 heavy (non-hydrogen) atoms. The molecule has 0 radical (unpaired) electrons. The van der Waals surface area contributed by atoms with E-state index in [2.05, 4.69) is 25.6 Å². The molecule has 0 bridgehead atoms. The summed E-state index contributed by atoms with van der Waals surface area (Å²) in [6, 6.07) is 11.3. The number of rotatable bonds is 1. The van der Waals surface area contributed by atoms with Crippen LogP contribution in [-0.4, -0.2) is 0 Å². The molecule has 0 spiro atoms. The predicted molar refractivity (Wildman–Crippen MR) is 74.8 cm³/mol. The van der Waals surface area contributed by atoms with Gasteiger partial charge in [-0.3, -0.25) is 0 Å². The minimum atomic E-state index is -0.325. The van der Waals surface area contributed by atoms with Crippen LogP contribution in [0.25, 0.3) is 27.8 Å². The zero-order valence-corrected chi connectivity index (χ0v) is 10.1. The van der Waals surface area contributed by atoms with Crippen LogP contribution in [0.5, 0.6) is 0 Å². The lowest BCUT2D eigenvalue weighted by molar-refractivity contribution is 0.561. The second-order valence-electron chi connectivity index (χ2n) is 4.39. The molecule has 3 aromatic rings. The van der Waals surface area contributed by atoms with E-state index >= 15 is 0 Å². The zero-order valence-electron chi connectivity index (χ0n) is 10.1. The first-order valence-electron chi connectivity index (χ1n) is 5.79. The van der Waals surface area contributed by atoms with Crippen molar-refractivity contribution in [1.82, 2.24) is 0 Å². The molecule has 0 atom stereocenters. The van der Waals surface area contributed by atoms with Crippen LogP contribution in [-0.2, 0) is 0 Å². The molecule has 3 rings (SSSR count). The minimum Gasteiger partial charge on any atom is -0.423 e. The zero-order chi connectivity index (χ0) is 12.7. The molecule has 0 aliphatic heterocycles. The molecular weight excluding hydrogens is 224 g/mol. The Morgan fingerprint density at radius 1 is 1.17 bits per heavy atom. The highest BCUT2D eigenvalue weighted by Crippen LogP contribution is 2.29. The maximum atomic E-state index is 11.2. The topological polar surface area (TPSA) is 30.2 Å². The van der Waals surface area contributed by atoms with Crippen LogP contribution < -0.4 is 5.63 Å². The second kappa shape index (κ2) is 3.84. The van der Waals surface area contributed by atoms with Crippen molar-refractivity contribution in [2.24, 2.45) is 0 Å². The van der Waals surface area contributed by atoms with Crippen molar-refractivity contribution in [3.05, 3.63) is 64.5 Å². The standard InChI is InChI=1S/C16H12O2/c1-3-11-8-10(2)9-12-4-6-14-13(16(11)12)5-7-15(17)18-14/h3-9H,1H2,2H3. The highest BCUT2D eigenvalue weighted by atomic mass is 16.4. The quantitative estimate of drug-likeness (QED) is 0.474. The Bertz CT molecular complexity index is 825. The third-order valence-corrected chi connectivity index (χ3v) is 3.11. The lowest BCUT2D eigenvalue weighted by Crippen LogP contribution is -1.95. The maximum absolute atomic E-state index is 11.2. The third kappa shape index (κ3) is 1.54. The Morgan fingerprint density at radius 3 is 2.78 bits per heavy atom. The van der Waals surface area contributed by atoms with Crippen molar-refractivity contribution < 1.29 is 4.42 Å². The molecule has 1 heterocycles. The Hall–Kier alpha value is -2.35. The van der Waals surface area contributed by atoms with Gasteiger partial charge < -0.3 is 4.42 Å². The van der Waals surface area contributed by atoms with E-state index in [1.54, 1.807) is 0 Å². The Balaban J connectivity index is 2.60. The van der Waals surface area contributed by atoms with Gasteiger partial charge in [-0.1, -0.05) is 30.9 Å². The first-order valence-corrected chi connectivity index (χ1v) is 5.79. The molecule has 0 saturated heterocycles. The van der Waals surface area contributed by atoms with Gasteiger partial charge in [0.25, 0.3) is 0 Å². The highest BCUT2D eigenvalue weighted by Gasteiger charge is 2.06. The third-order valence-electron chi connectivity index (χ3n) is 3.11. The average Bonchev–Trinajstić information content (AvgIpc) is 2.37. The van der Waals surface area contributed by atoms with Gasteiger partial charge >= 0.3 is 5.63 Å².